The molecule has 3 rings (SSSR count). The predicted octanol–water partition coefficient (Wildman–Crippen LogP) is 4.09. The summed E-state index contributed by atoms with van der Waals surface area (Å²) in [7, 11) is 0. The van der Waals surface area contributed by atoms with Gasteiger partial charge in [0.05, 0.1) is 12.3 Å². The third-order valence-corrected chi connectivity index (χ3v) is 4.11. The van der Waals surface area contributed by atoms with Gasteiger partial charge >= 0.3 is 5.97 Å². The standard InChI is InChI=1S/C17H17F3N2O2/c1-2-24-16(23)14-9-15(11-7-8-17(19,20)10-11)22(21-14)13-5-3-12(18)4-6-13/h3-6,9,11H,2,7-8,10H2,1H3. The van der Waals surface area contributed by atoms with E-state index in [9.17, 15) is 18.0 Å². The monoisotopic (exact) mass is 338 g/mol. The zero-order valence-corrected chi connectivity index (χ0v) is 13.1. The van der Waals surface area contributed by atoms with Crippen LogP contribution in [0.3, 0.4) is 0 Å². The Morgan fingerprint density at radius 2 is 2.08 bits per heavy atom. The van der Waals surface area contributed by atoms with Crippen molar-refractivity contribution < 1.29 is 22.7 Å². The Morgan fingerprint density at radius 1 is 1.38 bits per heavy atom. The lowest BCUT2D eigenvalue weighted by Gasteiger charge is -2.13. The number of nitrogens with zero attached hydrogens (tertiary/aromatic N) is 2. The number of halogens is 3. The van der Waals surface area contributed by atoms with E-state index in [1.165, 1.54) is 35.0 Å². The van der Waals surface area contributed by atoms with Crippen LogP contribution in [0.5, 0.6) is 0 Å². The molecule has 1 aliphatic carbocycles. The average Bonchev–Trinajstić information content (AvgIpc) is 3.12. The minimum absolute atomic E-state index is 0.0615. The van der Waals surface area contributed by atoms with Crippen molar-refractivity contribution in [2.75, 3.05) is 6.61 Å². The van der Waals surface area contributed by atoms with Crippen LogP contribution < -0.4 is 0 Å². The summed E-state index contributed by atoms with van der Waals surface area (Å²) in [5, 5.41) is 4.20. The second-order valence-electron chi connectivity index (χ2n) is 5.86. The second kappa shape index (κ2) is 6.30. The van der Waals surface area contributed by atoms with E-state index in [1.54, 1.807) is 6.92 Å². The lowest BCUT2D eigenvalue weighted by atomic mass is 10.0. The first-order valence-electron chi connectivity index (χ1n) is 7.80. The Labute approximate surface area is 137 Å². The maximum atomic E-state index is 13.6. The van der Waals surface area contributed by atoms with E-state index in [1.807, 2.05) is 0 Å². The fourth-order valence-corrected chi connectivity index (χ4v) is 2.98. The van der Waals surface area contributed by atoms with Crippen molar-refractivity contribution in [2.45, 2.75) is 38.0 Å². The highest BCUT2D eigenvalue weighted by Crippen LogP contribution is 2.44. The summed E-state index contributed by atoms with van der Waals surface area (Å²) in [5.74, 6) is -4.15. The van der Waals surface area contributed by atoms with Crippen LogP contribution in [0.15, 0.2) is 30.3 Å². The summed E-state index contributed by atoms with van der Waals surface area (Å²) >= 11 is 0. The molecule has 1 atom stereocenters. The lowest BCUT2D eigenvalue weighted by Crippen LogP contribution is -2.11. The van der Waals surface area contributed by atoms with E-state index >= 15 is 0 Å². The maximum absolute atomic E-state index is 13.6. The molecular formula is C17H17F3N2O2. The Morgan fingerprint density at radius 3 is 2.67 bits per heavy atom. The molecule has 1 saturated carbocycles. The molecule has 1 aliphatic rings. The van der Waals surface area contributed by atoms with Gasteiger partial charge in [-0.2, -0.15) is 5.10 Å². The van der Waals surface area contributed by atoms with Gasteiger partial charge in [0.15, 0.2) is 5.69 Å². The Balaban J connectivity index is 2.01. The van der Waals surface area contributed by atoms with Crippen LogP contribution in [0.1, 0.15) is 48.3 Å². The van der Waals surface area contributed by atoms with Crippen LogP contribution in [0.4, 0.5) is 13.2 Å². The summed E-state index contributed by atoms with van der Waals surface area (Å²) in [6, 6.07) is 7.00. The topological polar surface area (TPSA) is 44.1 Å². The number of alkyl halides is 2. The lowest BCUT2D eigenvalue weighted by molar-refractivity contribution is 0.00759. The van der Waals surface area contributed by atoms with Crippen molar-refractivity contribution in [3.05, 3.63) is 47.5 Å². The zero-order valence-electron chi connectivity index (χ0n) is 13.1. The number of hydrogen-bond donors (Lipinski definition) is 0. The molecule has 1 fully saturated rings. The molecule has 0 bridgehead atoms. The van der Waals surface area contributed by atoms with E-state index in [2.05, 4.69) is 5.10 Å². The molecule has 0 radical (unpaired) electrons. The van der Waals surface area contributed by atoms with Crippen molar-refractivity contribution in [3.63, 3.8) is 0 Å². The molecule has 0 aliphatic heterocycles. The number of rotatable bonds is 4. The maximum Gasteiger partial charge on any atom is 0.358 e. The number of carbonyl (C=O) groups is 1. The van der Waals surface area contributed by atoms with Crippen LogP contribution in [0, 0.1) is 5.82 Å². The smallest absolute Gasteiger partial charge is 0.358 e. The molecule has 0 N–H and O–H groups in total. The van der Waals surface area contributed by atoms with Crippen molar-refractivity contribution >= 4 is 5.97 Å². The van der Waals surface area contributed by atoms with E-state index in [0.717, 1.165) is 0 Å². The quantitative estimate of drug-likeness (QED) is 0.789. The molecule has 7 heteroatoms. The van der Waals surface area contributed by atoms with Gasteiger partial charge < -0.3 is 4.74 Å². The van der Waals surface area contributed by atoms with Gasteiger partial charge in [-0.1, -0.05) is 0 Å². The van der Waals surface area contributed by atoms with Crippen LogP contribution in [0.25, 0.3) is 5.69 Å². The summed E-state index contributed by atoms with van der Waals surface area (Å²) in [5.41, 5.74) is 1.09. The number of aromatic nitrogens is 2. The molecule has 0 saturated heterocycles. The molecule has 1 aromatic heterocycles. The molecule has 0 spiro atoms. The Kier molecular flexibility index (Phi) is 4.34. The van der Waals surface area contributed by atoms with Crippen molar-refractivity contribution in [1.29, 1.82) is 0 Å². The predicted molar refractivity (Wildman–Crippen MR) is 81.0 cm³/mol. The number of carbonyl (C=O) groups excluding carboxylic acids is 1. The minimum atomic E-state index is -2.72. The molecule has 128 valence electrons. The van der Waals surface area contributed by atoms with Gasteiger partial charge in [0.25, 0.3) is 0 Å². The molecular weight excluding hydrogens is 321 g/mol. The highest BCUT2D eigenvalue weighted by molar-refractivity contribution is 5.87. The van der Waals surface area contributed by atoms with E-state index in [-0.39, 0.29) is 25.1 Å². The van der Waals surface area contributed by atoms with E-state index in [4.69, 9.17) is 4.74 Å². The average molecular weight is 338 g/mol. The summed E-state index contributed by atoms with van der Waals surface area (Å²) in [6.45, 7) is 1.87. The van der Waals surface area contributed by atoms with Crippen molar-refractivity contribution in [3.8, 4) is 5.69 Å². The Hall–Kier alpha value is -2.31. The summed E-state index contributed by atoms with van der Waals surface area (Å²) in [6.07, 6.45) is -0.175. The van der Waals surface area contributed by atoms with Crippen molar-refractivity contribution in [1.82, 2.24) is 9.78 Å². The molecule has 0 amide bonds. The van der Waals surface area contributed by atoms with Gasteiger partial charge in [-0.25, -0.2) is 22.6 Å². The first-order chi connectivity index (χ1) is 11.4. The van der Waals surface area contributed by atoms with Crippen molar-refractivity contribution in [2.24, 2.45) is 0 Å². The van der Waals surface area contributed by atoms with Crippen LogP contribution in [0.2, 0.25) is 0 Å². The second-order valence-corrected chi connectivity index (χ2v) is 5.86. The van der Waals surface area contributed by atoms with Gasteiger partial charge in [0.2, 0.25) is 5.92 Å². The fourth-order valence-electron chi connectivity index (χ4n) is 2.98. The number of ether oxygens (including phenoxy) is 1. The fraction of sp³-hybridized carbons (Fsp3) is 0.412. The van der Waals surface area contributed by atoms with Gasteiger partial charge in [0.1, 0.15) is 5.82 Å². The molecule has 24 heavy (non-hydrogen) atoms. The first-order valence-corrected chi connectivity index (χ1v) is 7.80. The molecule has 1 heterocycles. The summed E-state index contributed by atoms with van der Waals surface area (Å²) < 4.78 is 46.7. The van der Waals surface area contributed by atoms with Gasteiger partial charge in [0, 0.05) is 24.5 Å². The third-order valence-electron chi connectivity index (χ3n) is 4.11. The van der Waals surface area contributed by atoms with Gasteiger partial charge in [-0.15, -0.1) is 0 Å². The number of esters is 1. The minimum Gasteiger partial charge on any atom is -0.461 e. The normalized spacial score (nSPS) is 19.4. The van der Waals surface area contributed by atoms with E-state index in [0.29, 0.717) is 17.8 Å². The van der Waals surface area contributed by atoms with Gasteiger partial charge in [-0.05, 0) is 43.7 Å². The third kappa shape index (κ3) is 3.29. The van der Waals surface area contributed by atoms with Crippen LogP contribution in [-0.2, 0) is 4.74 Å². The first kappa shape index (κ1) is 16.5. The van der Waals surface area contributed by atoms with Crippen LogP contribution in [-0.4, -0.2) is 28.3 Å². The highest BCUT2D eigenvalue weighted by atomic mass is 19.3. The largest absolute Gasteiger partial charge is 0.461 e. The summed E-state index contributed by atoms with van der Waals surface area (Å²) in [4.78, 5) is 11.9. The molecule has 2 aromatic rings. The molecule has 4 nitrogen and oxygen atoms in total. The van der Waals surface area contributed by atoms with Crippen LogP contribution >= 0.6 is 0 Å². The number of benzene rings is 1. The SMILES string of the molecule is CCOC(=O)c1cc(C2CCC(F)(F)C2)n(-c2ccc(F)cc2)n1. The highest BCUT2D eigenvalue weighted by Gasteiger charge is 2.41. The molecule has 1 aromatic carbocycles. The molecule has 1 unspecified atom stereocenters. The van der Waals surface area contributed by atoms with Gasteiger partial charge in [-0.3, -0.25) is 0 Å². The van der Waals surface area contributed by atoms with E-state index < -0.39 is 23.6 Å². The number of hydrogen-bond acceptors (Lipinski definition) is 3. The zero-order chi connectivity index (χ0) is 17.3. The Bertz CT molecular complexity index is 741.